The van der Waals surface area contributed by atoms with E-state index in [1.54, 1.807) is 0 Å². The van der Waals surface area contributed by atoms with Gasteiger partial charge in [0.2, 0.25) is 0 Å². The quantitative estimate of drug-likeness (QED) is 0.834. The number of hydrogen-bond donors (Lipinski definition) is 1. The predicted octanol–water partition coefficient (Wildman–Crippen LogP) is 4.95. The SMILES string of the molecule is Cc1ccc(Sc2ccc(C)cc2CNC(C)C)cc1. The molecule has 106 valence electrons. The predicted molar refractivity (Wildman–Crippen MR) is 88.5 cm³/mol. The summed E-state index contributed by atoms with van der Waals surface area (Å²) in [6.45, 7) is 9.57. The van der Waals surface area contributed by atoms with Crippen LogP contribution in [0, 0.1) is 13.8 Å². The van der Waals surface area contributed by atoms with Crippen LogP contribution in [-0.4, -0.2) is 6.04 Å². The van der Waals surface area contributed by atoms with Crippen molar-refractivity contribution in [2.45, 2.75) is 50.1 Å². The molecule has 0 unspecified atom stereocenters. The molecule has 2 heteroatoms. The van der Waals surface area contributed by atoms with Crippen LogP contribution in [-0.2, 0) is 6.54 Å². The van der Waals surface area contributed by atoms with Crippen molar-refractivity contribution in [2.24, 2.45) is 0 Å². The fourth-order valence-corrected chi connectivity index (χ4v) is 2.92. The zero-order valence-corrected chi connectivity index (χ0v) is 13.6. The van der Waals surface area contributed by atoms with Crippen LogP contribution < -0.4 is 5.32 Å². The molecule has 1 N–H and O–H groups in total. The summed E-state index contributed by atoms with van der Waals surface area (Å²) in [5.41, 5.74) is 4.00. The maximum atomic E-state index is 3.51. The van der Waals surface area contributed by atoms with E-state index < -0.39 is 0 Å². The number of aryl methyl sites for hydroxylation is 2. The molecule has 2 rings (SSSR count). The number of nitrogens with one attached hydrogen (secondary N) is 1. The van der Waals surface area contributed by atoms with Crippen molar-refractivity contribution in [1.82, 2.24) is 5.32 Å². The Kier molecular flexibility index (Phi) is 5.27. The molecule has 2 aromatic carbocycles. The minimum atomic E-state index is 0.507. The van der Waals surface area contributed by atoms with Gasteiger partial charge >= 0.3 is 0 Å². The number of rotatable bonds is 5. The van der Waals surface area contributed by atoms with Gasteiger partial charge in [-0.1, -0.05) is 61.0 Å². The molecule has 2 aromatic rings. The van der Waals surface area contributed by atoms with E-state index in [4.69, 9.17) is 0 Å². The fraction of sp³-hybridized carbons (Fsp3) is 0.333. The summed E-state index contributed by atoms with van der Waals surface area (Å²) in [6, 6.07) is 15.9. The Hall–Kier alpha value is -1.25. The van der Waals surface area contributed by atoms with Crippen LogP contribution in [0.2, 0.25) is 0 Å². The minimum Gasteiger partial charge on any atom is -0.310 e. The van der Waals surface area contributed by atoms with Gasteiger partial charge < -0.3 is 5.32 Å². The molecule has 1 nitrogen and oxygen atoms in total. The van der Waals surface area contributed by atoms with Crippen LogP contribution in [0.5, 0.6) is 0 Å². The topological polar surface area (TPSA) is 12.0 Å². The molecular formula is C18H23NS. The molecule has 0 atom stereocenters. The van der Waals surface area contributed by atoms with E-state index >= 15 is 0 Å². The Labute approximate surface area is 126 Å². The lowest BCUT2D eigenvalue weighted by Crippen LogP contribution is -2.22. The summed E-state index contributed by atoms with van der Waals surface area (Å²) >= 11 is 1.84. The molecule has 0 saturated carbocycles. The van der Waals surface area contributed by atoms with Gasteiger partial charge in [-0.2, -0.15) is 0 Å². The molecule has 0 bridgehead atoms. The second kappa shape index (κ2) is 6.96. The summed E-state index contributed by atoms with van der Waals surface area (Å²) in [4.78, 5) is 2.64. The van der Waals surface area contributed by atoms with E-state index in [2.05, 4.69) is 75.5 Å². The minimum absolute atomic E-state index is 0.507. The van der Waals surface area contributed by atoms with Crippen LogP contribution >= 0.6 is 11.8 Å². The van der Waals surface area contributed by atoms with Gasteiger partial charge in [0.05, 0.1) is 0 Å². The highest BCUT2D eigenvalue weighted by molar-refractivity contribution is 7.99. The molecule has 0 spiro atoms. The van der Waals surface area contributed by atoms with Crippen molar-refractivity contribution >= 4 is 11.8 Å². The summed E-state index contributed by atoms with van der Waals surface area (Å²) in [7, 11) is 0. The van der Waals surface area contributed by atoms with E-state index in [0.29, 0.717) is 6.04 Å². The van der Waals surface area contributed by atoms with Gasteiger partial charge in [-0.3, -0.25) is 0 Å². The molecule has 0 amide bonds. The first-order valence-electron chi connectivity index (χ1n) is 7.12. The number of benzene rings is 2. The Morgan fingerprint density at radius 1 is 0.950 bits per heavy atom. The Balaban J connectivity index is 2.19. The van der Waals surface area contributed by atoms with E-state index in [0.717, 1.165) is 6.54 Å². The first-order chi connectivity index (χ1) is 9.54. The van der Waals surface area contributed by atoms with Crippen molar-refractivity contribution in [2.75, 3.05) is 0 Å². The molecule has 0 aliphatic rings. The smallest absolute Gasteiger partial charge is 0.0219 e. The summed E-state index contributed by atoms with van der Waals surface area (Å²) in [5, 5.41) is 3.51. The summed E-state index contributed by atoms with van der Waals surface area (Å²) in [6.07, 6.45) is 0. The standard InChI is InChI=1S/C18H23NS/c1-13(2)19-12-16-11-15(4)7-10-18(16)20-17-8-5-14(3)6-9-17/h5-11,13,19H,12H2,1-4H3. The zero-order chi connectivity index (χ0) is 14.5. The van der Waals surface area contributed by atoms with E-state index in [-0.39, 0.29) is 0 Å². The van der Waals surface area contributed by atoms with Gasteiger partial charge in [0, 0.05) is 22.4 Å². The van der Waals surface area contributed by atoms with Crippen LogP contribution in [0.1, 0.15) is 30.5 Å². The molecule has 20 heavy (non-hydrogen) atoms. The molecule has 0 aromatic heterocycles. The summed E-state index contributed by atoms with van der Waals surface area (Å²) < 4.78 is 0. The van der Waals surface area contributed by atoms with Gasteiger partial charge in [0.15, 0.2) is 0 Å². The normalized spacial score (nSPS) is 11.1. The van der Waals surface area contributed by atoms with Crippen LogP contribution in [0.3, 0.4) is 0 Å². The zero-order valence-electron chi connectivity index (χ0n) is 12.7. The van der Waals surface area contributed by atoms with Crippen molar-refractivity contribution in [3.8, 4) is 0 Å². The Morgan fingerprint density at radius 2 is 1.60 bits per heavy atom. The first-order valence-corrected chi connectivity index (χ1v) is 7.93. The van der Waals surface area contributed by atoms with E-state index in [1.807, 2.05) is 11.8 Å². The van der Waals surface area contributed by atoms with Crippen molar-refractivity contribution in [1.29, 1.82) is 0 Å². The van der Waals surface area contributed by atoms with E-state index in [1.165, 1.54) is 26.5 Å². The largest absolute Gasteiger partial charge is 0.310 e. The van der Waals surface area contributed by atoms with Crippen LogP contribution in [0.25, 0.3) is 0 Å². The second-order valence-corrected chi connectivity index (χ2v) is 6.68. The van der Waals surface area contributed by atoms with Crippen LogP contribution in [0.4, 0.5) is 0 Å². The van der Waals surface area contributed by atoms with Gasteiger partial charge in [-0.25, -0.2) is 0 Å². The maximum Gasteiger partial charge on any atom is 0.0219 e. The second-order valence-electron chi connectivity index (χ2n) is 5.56. The van der Waals surface area contributed by atoms with Crippen LogP contribution in [0.15, 0.2) is 52.3 Å². The van der Waals surface area contributed by atoms with E-state index in [9.17, 15) is 0 Å². The molecule has 0 saturated heterocycles. The lowest BCUT2D eigenvalue weighted by atomic mass is 10.1. The third-order valence-corrected chi connectivity index (χ3v) is 4.29. The maximum absolute atomic E-state index is 3.51. The van der Waals surface area contributed by atoms with Gasteiger partial charge in [-0.15, -0.1) is 0 Å². The monoisotopic (exact) mass is 285 g/mol. The third kappa shape index (κ3) is 4.39. The van der Waals surface area contributed by atoms with Gasteiger partial charge in [-0.05, 0) is 37.6 Å². The average molecular weight is 285 g/mol. The van der Waals surface area contributed by atoms with Crippen molar-refractivity contribution < 1.29 is 0 Å². The summed E-state index contributed by atoms with van der Waals surface area (Å²) in [5.74, 6) is 0. The fourth-order valence-electron chi connectivity index (χ4n) is 1.99. The van der Waals surface area contributed by atoms with Gasteiger partial charge in [0.25, 0.3) is 0 Å². The lowest BCUT2D eigenvalue weighted by Gasteiger charge is -2.13. The number of hydrogen-bond acceptors (Lipinski definition) is 2. The average Bonchev–Trinajstić information content (AvgIpc) is 2.41. The first kappa shape index (κ1) is 15.1. The highest BCUT2D eigenvalue weighted by Gasteiger charge is 2.06. The molecule has 0 fully saturated rings. The lowest BCUT2D eigenvalue weighted by molar-refractivity contribution is 0.584. The molecule has 0 heterocycles. The molecular weight excluding hydrogens is 262 g/mol. The van der Waals surface area contributed by atoms with Crippen molar-refractivity contribution in [3.05, 3.63) is 59.2 Å². The Bertz CT molecular complexity index is 558. The van der Waals surface area contributed by atoms with Crippen molar-refractivity contribution in [3.63, 3.8) is 0 Å². The third-order valence-electron chi connectivity index (χ3n) is 3.17. The Morgan fingerprint density at radius 3 is 2.25 bits per heavy atom. The molecule has 0 aliphatic carbocycles. The highest BCUT2D eigenvalue weighted by Crippen LogP contribution is 2.31. The molecule has 0 aliphatic heterocycles. The molecule has 0 radical (unpaired) electrons. The van der Waals surface area contributed by atoms with Gasteiger partial charge in [0.1, 0.15) is 0 Å². The highest BCUT2D eigenvalue weighted by atomic mass is 32.2.